The highest BCUT2D eigenvalue weighted by Gasteiger charge is 2.22. The summed E-state index contributed by atoms with van der Waals surface area (Å²) >= 11 is 0. The Bertz CT molecular complexity index is 3850. The Morgan fingerprint density at radius 3 is 1.39 bits per heavy atom. The van der Waals surface area contributed by atoms with Crippen LogP contribution >= 0.6 is 0 Å². The summed E-state index contributed by atoms with van der Waals surface area (Å²) < 4.78 is 2.46. The largest absolute Gasteiger partial charge is 0.310 e. The number of nitrogens with zero attached hydrogens (tertiary/aromatic N) is 2. The highest BCUT2D eigenvalue weighted by molar-refractivity contribution is 6.27. The molecule has 0 amide bonds. The minimum Gasteiger partial charge on any atom is -0.310 e. The van der Waals surface area contributed by atoms with Crippen LogP contribution in [0.15, 0.2) is 255 Å². The molecule has 0 atom stereocenters. The Morgan fingerprint density at radius 2 is 0.742 bits per heavy atom. The zero-order valence-electron chi connectivity index (χ0n) is 36.1. The Balaban J connectivity index is 0.999. The molecule has 1 aromatic heterocycles. The zero-order chi connectivity index (χ0) is 43.6. The monoisotopic (exact) mass is 838 g/mol. The van der Waals surface area contributed by atoms with Crippen molar-refractivity contribution in [3.05, 3.63) is 255 Å². The molecule has 66 heavy (non-hydrogen) atoms. The van der Waals surface area contributed by atoms with Crippen molar-refractivity contribution in [1.29, 1.82) is 0 Å². The summed E-state index contributed by atoms with van der Waals surface area (Å²) in [6.07, 6.45) is 0. The lowest BCUT2D eigenvalue weighted by molar-refractivity contribution is 1.20. The van der Waals surface area contributed by atoms with Crippen molar-refractivity contribution in [2.24, 2.45) is 0 Å². The summed E-state index contributed by atoms with van der Waals surface area (Å²) in [6.45, 7) is 0. The minimum atomic E-state index is 1.09. The van der Waals surface area contributed by atoms with E-state index in [0.29, 0.717) is 0 Å². The predicted octanol–water partition coefficient (Wildman–Crippen LogP) is 17.8. The standard InChI is InChI=1S/C64H42N2/c1-3-14-43(15-4-1)44-26-28-45(29-27-44)46-30-36-51(37-31-46)65(52-19-13-18-50(42-52)54-21-8-7-20-53(54)47-16-5-2-6-17-47)61-40-34-48-33-39-58-62(41-35-49-32-38-57(61)63(48)64(49)58)66-59-24-11-9-22-55(59)56-23-10-12-25-60(56)66/h1-42H. The van der Waals surface area contributed by atoms with Gasteiger partial charge in [-0.25, -0.2) is 0 Å². The van der Waals surface area contributed by atoms with E-state index in [1.165, 1.54) is 104 Å². The molecule has 0 saturated carbocycles. The average Bonchev–Trinajstić information content (AvgIpc) is 3.73. The lowest BCUT2D eigenvalue weighted by Gasteiger charge is -2.28. The van der Waals surface area contributed by atoms with Gasteiger partial charge in [0.2, 0.25) is 0 Å². The van der Waals surface area contributed by atoms with Crippen LogP contribution in [0.3, 0.4) is 0 Å². The second-order valence-electron chi connectivity index (χ2n) is 17.2. The number of rotatable bonds is 8. The molecule has 0 radical (unpaired) electrons. The van der Waals surface area contributed by atoms with Crippen LogP contribution in [0.25, 0.3) is 104 Å². The second-order valence-corrected chi connectivity index (χ2v) is 17.2. The number of fused-ring (bicyclic) bond motifs is 3. The third kappa shape index (κ3) is 6.18. The molecule has 0 aliphatic rings. The van der Waals surface area contributed by atoms with Crippen molar-refractivity contribution < 1.29 is 0 Å². The van der Waals surface area contributed by atoms with Gasteiger partial charge in [0.15, 0.2) is 0 Å². The molecule has 13 aromatic rings. The minimum absolute atomic E-state index is 1.09. The van der Waals surface area contributed by atoms with Crippen molar-refractivity contribution >= 4 is 71.2 Å². The molecule has 0 bridgehead atoms. The molecule has 0 aliphatic heterocycles. The van der Waals surface area contributed by atoms with E-state index in [9.17, 15) is 0 Å². The van der Waals surface area contributed by atoms with Crippen LogP contribution in [0.2, 0.25) is 0 Å². The number of anilines is 3. The third-order valence-corrected chi connectivity index (χ3v) is 13.6. The summed E-state index contributed by atoms with van der Waals surface area (Å²) in [5.74, 6) is 0. The van der Waals surface area contributed by atoms with E-state index in [1.807, 2.05) is 0 Å². The molecule has 0 saturated heterocycles. The molecule has 0 spiro atoms. The van der Waals surface area contributed by atoms with Crippen LogP contribution in [0, 0.1) is 0 Å². The van der Waals surface area contributed by atoms with E-state index < -0.39 is 0 Å². The Hall–Kier alpha value is -8.72. The van der Waals surface area contributed by atoms with Gasteiger partial charge < -0.3 is 9.47 Å². The summed E-state index contributed by atoms with van der Waals surface area (Å²) in [5, 5.41) is 10.00. The second kappa shape index (κ2) is 15.5. The summed E-state index contributed by atoms with van der Waals surface area (Å²) in [6, 6.07) is 93.2. The number of benzene rings is 12. The maximum atomic E-state index is 2.46. The molecule has 0 aliphatic carbocycles. The molecule has 0 unspecified atom stereocenters. The van der Waals surface area contributed by atoms with Gasteiger partial charge in [-0.3, -0.25) is 0 Å². The van der Waals surface area contributed by atoms with E-state index in [-0.39, 0.29) is 0 Å². The lowest BCUT2D eigenvalue weighted by Crippen LogP contribution is -2.11. The first-order valence-electron chi connectivity index (χ1n) is 22.8. The van der Waals surface area contributed by atoms with Gasteiger partial charge in [0.1, 0.15) is 0 Å². The average molecular weight is 839 g/mol. The summed E-state index contributed by atoms with van der Waals surface area (Å²) in [7, 11) is 0. The van der Waals surface area contributed by atoms with Crippen LogP contribution in [-0.2, 0) is 0 Å². The fourth-order valence-electron chi connectivity index (χ4n) is 10.5. The van der Waals surface area contributed by atoms with Crippen LogP contribution in [0.5, 0.6) is 0 Å². The van der Waals surface area contributed by atoms with Crippen molar-refractivity contribution in [3.63, 3.8) is 0 Å². The SMILES string of the molecule is c1ccc(-c2ccc(-c3ccc(N(c4cccc(-c5ccccc5-c5ccccc5)c4)c4ccc5ccc6c(-n7c8ccccc8c8ccccc87)ccc7ccc4c5c76)cc3)cc2)cc1. The normalized spacial score (nSPS) is 11.6. The number of hydrogen-bond acceptors (Lipinski definition) is 1. The molecule has 2 nitrogen and oxygen atoms in total. The predicted molar refractivity (Wildman–Crippen MR) is 281 cm³/mol. The van der Waals surface area contributed by atoms with E-state index >= 15 is 0 Å². The Kier molecular flexibility index (Phi) is 8.89. The van der Waals surface area contributed by atoms with E-state index in [0.717, 1.165) is 17.1 Å². The molecule has 1 heterocycles. The Labute approximate surface area is 383 Å². The molecular formula is C64H42N2. The number of para-hydroxylation sites is 2. The Morgan fingerprint density at radius 1 is 0.273 bits per heavy atom. The van der Waals surface area contributed by atoms with E-state index in [2.05, 4.69) is 264 Å². The van der Waals surface area contributed by atoms with E-state index in [4.69, 9.17) is 0 Å². The highest BCUT2D eigenvalue weighted by atomic mass is 15.1. The van der Waals surface area contributed by atoms with Gasteiger partial charge in [-0.1, -0.05) is 206 Å². The van der Waals surface area contributed by atoms with Crippen LogP contribution in [0.4, 0.5) is 17.1 Å². The van der Waals surface area contributed by atoms with Crippen molar-refractivity contribution in [1.82, 2.24) is 4.57 Å². The first kappa shape index (κ1) is 37.8. The highest BCUT2D eigenvalue weighted by Crippen LogP contribution is 2.47. The molecular weight excluding hydrogens is 797 g/mol. The molecule has 13 rings (SSSR count). The van der Waals surface area contributed by atoms with Gasteiger partial charge in [0.05, 0.1) is 22.4 Å². The van der Waals surface area contributed by atoms with Crippen molar-refractivity contribution in [3.8, 4) is 50.2 Å². The maximum Gasteiger partial charge on any atom is 0.0541 e. The van der Waals surface area contributed by atoms with Crippen LogP contribution in [-0.4, -0.2) is 4.57 Å². The van der Waals surface area contributed by atoms with Gasteiger partial charge in [-0.05, 0) is 115 Å². The fourth-order valence-corrected chi connectivity index (χ4v) is 10.5. The number of aromatic nitrogens is 1. The first-order valence-corrected chi connectivity index (χ1v) is 22.8. The van der Waals surface area contributed by atoms with Crippen molar-refractivity contribution in [2.45, 2.75) is 0 Å². The van der Waals surface area contributed by atoms with Crippen LogP contribution in [0.1, 0.15) is 0 Å². The molecule has 308 valence electrons. The summed E-state index contributed by atoms with van der Waals surface area (Å²) in [4.78, 5) is 2.46. The topological polar surface area (TPSA) is 8.17 Å². The lowest BCUT2D eigenvalue weighted by atomic mass is 9.91. The van der Waals surface area contributed by atoms with Gasteiger partial charge in [0.25, 0.3) is 0 Å². The van der Waals surface area contributed by atoms with Crippen molar-refractivity contribution in [2.75, 3.05) is 4.90 Å². The first-order chi connectivity index (χ1) is 32.7. The third-order valence-electron chi connectivity index (χ3n) is 13.6. The molecule has 0 fully saturated rings. The molecule has 2 heteroatoms. The quantitative estimate of drug-likeness (QED) is 0.138. The molecule has 12 aromatic carbocycles. The number of hydrogen-bond donors (Lipinski definition) is 0. The summed E-state index contributed by atoms with van der Waals surface area (Å²) in [5.41, 5.74) is 16.5. The van der Waals surface area contributed by atoms with Gasteiger partial charge in [-0.15, -0.1) is 0 Å². The van der Waals surface area contributed by atoms with E-state index in [1.54, 1.807) is 0 Å². The smallest absolute Gasteiger partial charge is 0.0541 e. The molecule has 0 N–H and O–H groups in total. The van der Waals surface area contributed by atoms with Crippen LogP contribution < -0.4 is 4.90 Å². The zero-order valence-corrected chi connectivity index (χ0v) is 36.1. The fraction of sp³-hybridized carbons (Fsp3) is 0. The van der Waals surface area contributed by atoms with Gasteiger partial charge in [0, 0.05) is 32.9 Å². The maximum absolute atomic E-state index is 2.46. The van der Waals surface area contributed by atoms with Gasteiger partial charge >= 0.3 is 0 Å². The van der Waals surface area contributed by atoms with Gasteiger partial charge in [-0.2, -0.15) is 0 Å².